The van der Waals surface area contributed by atoms with Gasteiger partial charge in [-0.2, -0.15) is 0 Å². The van der Waals surface area contributed by atoms with E-state index in [9.17, 15) is 9.59 Å². The monoisotopic (exact) mass is 368 g/mol. The van der Waals surface area contributed by atoms with Gasteiger partial charge in [0, 0.05) is 6.04 Å². The number of carbonyl (C=O) groups is 2. The predicted molar refractivity (Wildman–Crippen MR) is 102 cm³/mol. The molecule has 2 atom stereocenters. The molecule has 0 aromatic heterocycles. The molecule has 6 heteroatoms. The average molecular weight is 368 g/mol. The van der Waals surface area contributed by atoms with E-state index in [1.54, 1.807) is 0 Å². The Morgan fingerprint density at radius 2 is 1.74 bits per heavy atom. The van der Waals surface area contributed by atoms with Crippen LogP contribution in [-0.2, 0) is 16.0 Å². The van der Waals surface area contributed by atoms with Crippen molar-refractivity contribution in [3.8, 4) is 11.5 Å². The summed E-state index contributed by atoms with van der Waals surface area (Å²) in [5.41, 5.74) is 1.21. The standard InChI is InChI=1S/C21H24N2O4/c1-15(11-12-16-7-3-2-4-8-16)23-21(25)20(24)22-13-17-14-26-18-9-5-6-10-19(18)27-17/h2-10,15,17H,11-14H2,1H3,(H,22,24)(H,23,25)/t15-,17-/m1/s1. The summed E-state index contributed by atoms with van der Waals surface area (Å²) < 4.78 is 11.3. The minimum absolute atomic E-state index is 0.0930. The molecular weight excluding hydrogens is 344 g/mol. The van der Waals surface area contributed by atoms with Crippen LogP contribution in [0.4, 0.5) is 0 Å². The Labute approximate surface area is 158 Å². The third-order valence-corrected chi connectivity index (χ3v) is 4.35. The van der Waals surface area contributed by atoms with Crippen molar-refractivity contribution in [2.45, 2.75) is 31.9 Å². The van der Waals surface area contributed by atoms with E-state index >= 15 is 0 Å². The van der Waals surface area contributed by atoms with E-state index in [0.29, 0.717) is 18.1 Å². The summed E-state index contributed by atoms with van der Waals surface area (Å²) >= 11 is 0. The maximum absolute atomic E-state index is 12.0. The van der Waals surface area contributed by atoms with Crippen LogP contribution in [-0.4, -0.2) is 37.1 Å². The van der Waals surface area contributed by atoms with Gasteiger partial charge < -0.3 is 20.1 Å². The fourth-order valence-corrected chi connectivity index (χ4v) is 2.84. The van der Waals surface area contributed by atoms with Crippen molar-refractivity contribution in [1.82, 2.24) is 10.6 Å². The van der Waals surface area contributed by atoms with Crippen LogP contribution in [0.1, 0.15) is 18.9 Å². The molecule has 0 radical (unpaired) electrons. The lowest BCUT2D eigenvalue weighted by Crippen LogP contribution is -2.47. The summed E-state index contributed by atoms with van der Waals surface area (Å²) in [5, 5.41) is 5.34. The van der Waals surface area contributed by atoms with Gasteiger partial charge >= 0.3 is 11.8 Å². The Balaban J connectivity index is 1.38. The summed E-state index contributed by atoms with van der Waals surface area (Å²) in [6.07, 6.45) is 1.28. The number of para-hydroxylation sites is 2. The molecule has 0 bridgehead atoms. The second-order valence-electron chi connectivity index (χ2n) is 6.61. The number of amides is 2. The highest BCUT2D eigenvalue weighted by atomic mass is 16.6. The number of hydrogen-bond acceptors (Lipinski definition) is 4. The van der Waals surface area contributed by atoms with Crippen LogP contribution >= 0.6 is 0 Å². The van der Waals surface area contributed by atoms with Crippen molar-refractivity contribution in [2.24, 2.45) is 0 Å². The van der Waals surface area contributed by atoms with Crippen molar-refractivity contribution >= 4 is 11.8 Å². The molecule has 2 aromatic carbocycles. The Morgan fingerprint density at radius 3 is 2.52 bits per heavy atom. The molecule has 1 aliphatic rings. The van der Waals surface area contributed by atoms with E-state index in [0.717, 1.165) is 12.8 Å². The first-order valence-corrected chi connectivity index (χ1v) is 9.13. The van der Waals surface area contributed by atoms with Crippen molar-refractivity contribution in [3.05, 3.63) is 60.2 Å². The zero-order valence-corrected chi connectivity index (χ0v) is 15.3. The van der Waals surface area contributed by atoms with Crippen LogP contribution in [0, 0.1) is 0 Å². The number of aryl methyl sites for hydroxylation is 1. The number of nitrogens with one attached hydrogen (secondary N) is 2. The lowest BCUT2D eigenvalue weighted by Gasteiger charge is -2.26. The number of rotatable bonds is 6. The Kier molecular flexibility index (Phi) is 6.30. The van der Waals surface area contributed by atoms with E-state index in [2.05, 4.69) is 10.6 Å². The third-order valence-electron chi connectivity index (χ3n) is 4.35. The highest BCUT2D eigenvalue weighted by Crippen LogP contribution is 2.30. The summed E-state index contributed by atoms with van der Waals surface area (Å²) in [6.45, 7) is 2.43. The van der Waals surface area contributed by atoms with Crippen molar-refractivity contribution < 1.29 is 19.1 Å². The van der Waals surface area contributed by atoms with Crippen LogP contribution in [0.3, 0.4) is 0 Å². The molecule has 2 aromatic rings. The van der Waals surface area contributed by atoms with Gasteiger partial charge in [-0.25, -0.2) is 0 Å². The topological polar surface area (TPSA) is 76.7 Å². The van der Waals surface area contributed by atoms with Crippen LogP contribution in [0.5, 0.6) is 11.5 Å². The first-order chi connectivity index (χ1) is 13.1. The zero-order valence-electron chi connectivity index (χ0n) is 15.3. The SMILES string of the molecule is C[C@H](CCc1ccccc1)NC(=O)C(=O)NC[C@@H]1COc2ccccc2O1. The van der Waals surface area contributed by atoms with Gasteiger partial charge in [0.1, 0.15) is 12.7 Å². The maximum Gasteiger partial charge on any atom is 0.309 e. The zero-order chi connectivity index (χ0) is 19.1. The highest BCUT2D eigenvalue weighted by Gasteiger charge is 2.23. The molecule has 1 aliphatic heterocycles. The molecule has 0 spiro atoms. The molecule has 0 aliphatic carbocycles. The lowest BCUT2D eigenvalue weighted by molar-refractivity contribution is -0.139. The first-order valence-electron chi connectivity index (χ1n) is 9.13. The second-order valence-corrected chi connectivity index (χ2v) is 6.61. The highest BCUT2D eigenvalue weighted by molar-refractivity contribution is 6.35. The quantitative estimate of drug-likeness (QED) is 0.766. The molecule has 142 valence electrons. The molecule has 2 N–H and O–H groups in total. The van der Waals surface area contributed by atoms with Crippen LogP contribution in [0.2, 0.25) is 0 Å². The number of ether oxygens (including phenoxy) is 2. The molecule has 27 heavy (non-hydrogen) atoms. The minimum Gasteiger partial charge on any atom is -0.486 e. The first kappa shape index (κ1) is 18.8. The third kappa shape index (κ3) is 5.48. The van der Waals surface area contributed by atoms with E-state index in [1.807, 2.05) is 61.5 Å². The lowest BCUT2D eigenvalue weighted by atomic mass is 10.1. The van der Waals surface area contributed by atoms with Gasteiger partial charge in [-0.1, -0.05) is 42.5 Å². The number of carbonyl (C=O) groups excluding carboxylic acids is 2. The Morgan fingerprint density at radius 1 is 1.04 bits per heavy atom. The number of benzene rings is 2. The van der Waals surface area contributed by atoms with Crippen molar-refractivity contribution in [1.29, 1.82) is 0 Å². The van der Waals surface area contributed by atoms with E-state index in [1.165, 1.54) is 5.56 Å². The Bertz CT molecular complexity index is 779. The Hall–Kier alpha value is -3.02. The van der Waals surface area contributed by atoms with Gasteiger partial charge in [-0.05, 0) is 37.5 Å². The summed E-state index contributed by atoms with van der Waals surface area (Å²) in [4.78, 5) is 24.1. The molecule has 0 saturated heterocycles. The van der Waals surface area contributed by atoms with Gasteiger partial charge in [0.25, 0.3) is 0 Å². The van der Waals surface area contributed by atoms with Crippen molar-refractivity contribution in [2.75, 3.05) is 13.2 Å². The molecule has 1 heterocycles. The van der Waals surface area contributed by atoms with Gasteiger partial charge in [0.05, 0.1) is 6.54 Å². The van der Waals surface area contributed by atoms with Crippen molar-refractivity contribution in [3.63, 3.8) is 0 Å². The number of fused-ring (bicyclic) bond motifs is 1. The molecule has 2 amide bonds. The normalized spacial score (nSPS) is 16.3. The van der Waals surface area contributed by atoms with Gasteiger partial charge in [0.15, 0.2) is 11.5 Å². The van der Waals surface area contributed by atoms with Crippen LogP contribution < -0.4 is 20.1 Å². The molecule has 0 unspecified atom stereocenters. The molecule has 6 nitrogen and oxygen atoms in total. The molecule has 0 fully saturated rings. The smallest absolute Gasteiger partial charge is 0.309 e. The van der Waals surface area contributed by atoms with Crippen LogP contribution in [0.15, 0.2) is 54.6 Å². The molecule has 0 saturated carbocycles. The fourth-order valence-electron chi connectivity index (χ4n) is 2.84. The van der Waals surface area contributed by atoms with E-state index in [4.69, 9.17) is 9.47 Å². The largest absolute Gasteiger partial charge is 0.486 e. The summed E-state index contributed by atoms with van der Waals surface area (Å²) in [6, 6.07) is 17.3. The minimum atomic E-state index is -0.663. The summed E-state index contributed by atoms with van der Waals surface area (Å²) in [5.74, 6) is 0.0313. The van der Waals surface area contributed by atoms with Gasteiger partial charge in [0.2, 0.25) is 0 Å². The average Bonchev–Trinajstić information content (AvgIpc) is 2.71. The molecular formula is C21H24N2O4. The fraction of sp³-hybridized carbons (Fsp3) is 0.333. The van der Waals surface area contributed by atoms with Gasteiger partial charge in [-0.3, -0.25) is 9.59 Å². The van der Waals surface area contributed by atoms with Crippen LogP contribution in [0.25, 0.3) is 0 Å². The number of hydrogen-bond donors (Lipinski definition) is 2. The maximum atomic E-state index is 12.0. The van der Waals surface area contributed by atoms with E-state index < -0.39 is 11.8 Å². The molecule has 3 rings (SSSR count). The summed E-state index contributed by atoms with van der Waals surface area (Å²) in [7, 11) is 0. The van der Waals surface area contributed by atoms with Gasteiger partial charge in [-0.15, -0.1) is 0 Å². The predicted octanol–water partition coefficient (Wildman–Crippen LogP) is 2.08. The second kappa shape index (κ2) is 9.07. The van der Waals surface area contributed by atoms with E-state index in [-0.39, 0.29) is 18.7 Å².